The molecule has 0 aliphatic rings. The number of nitrogens with zero attached hydrogens (tertiary/aromatic N) is 1. The molecule has 0 aliphatic carbocycles. The molecule has 0 aliphatic heterocycles. The second kappa shape index (κ2) is 10.0. The van der Waals surface area contributed by atoms with Gasteiger partial charge in [-0.05, 0) is 19.5 Å². The Morgan fingerprint density at radius 1 is 0.923 bits per heavy atom. The fourth-order valence-electron chi connectivity index (χ4n) is 1.55. The maximum Gasteiger partial charge on any atom is 0.0104 e. The van der Waals surface area contributed by atoms with Gasteiger partial charge < -0.3 is 10.6 Å². The third-order valence-corrected chi connectivity index (χ3v) is 2.47. The summed E-state index contributed by atoms with van der Waals surface area (Å²) in [6.07, 6.45) is 6.85. The normalized spacial score (nSPS) is 11.1. The summed E-state index contributed by atoms with van der Waals surface area (Å²) in [5.74, 6) is 0. The minimum Gasteiger partial charge on any atom is -0.329 e. The Kier molecular flexibility index (Phi) is 9.94. The molecule has 0 heterocycles. The van der Waals surface area contributed by atoms with Crippen molar-refractivity contribution in [1.29, 1.82) is 0 Å². The zero-order valence-corrected chi connectivity index (χ0v) is 9.39. The molecule has 0 spiro atoms. The van der Waals surface area contributed by atoms with E-state index in [-0.39, 0.29) is 0 Å². The van der Waals surface area contributed by atoms with Crippen LogP contribution >= 0.6 is 0 Å². The molecule has 0 amide bonds. The summed E-state index contributed by atoms with van der Waals surface area (Å²) in [7, 11) is 0. The predicted molar refractivity (Wildman–Crippen MR) is 59.9 cm³/mol. The van der Waals surface area contributed by atoms with E-state index in [4.69, 9.17) is 5.73 Å². The van der Waals surface area contributed by atoms with E-state index in [1.165, 1.54) is 38.6 Å². The van der Waals surface area contributed by atoms with Crippen LogP contribution in [0.15, 0.2) is 0 Å². The van der Waals surface area contributed by atoms with E-state index in [1.807, 2.05) is 0 Å². The lowest BCUT2D eigenvalue weighted by molar-refractivity contribution is 0.288. The van der Waals surface area contributed by atoms with E-state index in [2.05, 4.69) is 18.7 Å². The molecule has 0 fully saturated rings. The molecule has 0 saturated heterocycles. The lowest BCUT2D eigenvalue weighted by Gasteiger charge is -2.18. The van der Waals surface area contributed by atoms with Crippen LogP contribution in [0, 0.1) is 0 Å². The van der Waals surface area contributed by atoms with Crippen LogP contribution in [-0.2, 0) is 0 Å². The van der Waals surface area contributed by atoms with Crippen molar-refractivity contribution in [3.63, 3.8) is 0 Å². The van der Waals surface area contributed by atoms with Gasteiger partial charge in [0.15, 0.2) is 0 Å². The zero-order valence-electron chi connectivity index (χ0n) is 9.39. The van der Waals surface area contributed by atoms with Crippen LogP contribution in [-0.4, -0.2) is 31.1 Å². The molecule has 0 bridgehead atoms. The minimum atomic E-state index is 0.794. The molecule has 2 nitrogen and oxygen atoms in total. The van der Waals surface area contributed by atoms with Crippen LogP contribution in [0.4, 0.5) is 0 Å². The van der Waals surface area contributed by atoms with Crippen molar-refractivity contribution in [2.24, 2.45) is 5.73 Å². The summed E-state index contributed by atoms with van der Waals surface area (Å²) in [4.78, 5) is 2.44. The minimum absolute atomic E-state index is 0.794. The molecule has 0 radical (unpaired) electrons. The highest BCUT2D eigenvalue weighted by atomic mass is 15.1. The number of rotatable bonds is 9. The molecule has 2 N–H and O–H groups in total. The van der Waals surface area contributed by atoms with Gasteiger partial charge in [-0.2, -0.15) is 0 Å². The van der Waals surface area contributed by atoms with E-state index in [9.17, 15) is 0 Å². The topological polar surface area (TPSA) is 29.3 Å². The van der Waals surface area contributed by atoms with Crippen LogP contribution in [0.1, 0.15) is 46.0 Å². The fourth-order valence-corrected chi connectivity index (χ4v) is 1.55. The molecule has 0 atom stereocenters. The van der Waals surface area contributed by atoms with Gasteiger partial charge in [0.05, 0.1) is 0 Å². The molecule has 2 heteroatoms. The Morgan fingerprint density at radius 3 is 2.15 bits per heavy atom. The lowest BCUT2D eigenvalue weighted by atomic mass is 10.1. The van der Waals surface area contributed by atoms with Gasteiger partial charge in [0, 0.05) is 13.1 Å². The van der Waals surface area contributed by atoms with Crippen LogP contribution < -0.4 is 5.73 Å². The van der Waals surface area contributed by atoms with Gasteiger partial charge in [-0.1, -0.05) is 39.5 Å². The Morgan fingerprint density at radius 2 is 1.62 bits per heavy atom. The molecule has 13 heavy (non-hydrogen) atoms. The van der Waals surface area contributed by atoms with Gasteiger partial charge in [-0.15, -0.1) is 0 Å². The Balaban J connectivity index is 3.17. The smallest absolute Gasteiger partial charge is 0.0104 e. The van der Waals surface area contributed by atoms with Crippen LogP contribution in [0.3, 0.4) is 0 Å². The first kappa shape index (κ1) is 12.9. The van der Waals surface area contributed by atoms with Gasteiger partial charge in [-0.3, -0.25) is 0 Å². The zero-order chi connectivity index (χ0) is 9.94. The van der Waals surface area contributed by atoms with Gasteiger partial charge >= 0.3 is 0 Å². The summed E-state index contributed by atoms with van der Waals surface area (Å²) in [6.45, 7) is 8.70. The first-order chi connectivity index (χ1) is 6.35. The van der Waals surface area contributed by atoms with Crippen LogP contribution in [0.2, 0.25) is 0 Å². The molecule has 0 aromatic rings. The largest absolute Gasteiger partial charge is 0.329 e. The SMILES string of the molecule is CCCCCCCN(CC)CCN. The summed E-state index contributed by atoms with van der Waals surface area (Å²) < 4.78 is 0. The van der Waals surface area contributed by atoms with E-state index in [0.29, 0.717) is 0 Å². The van der Waals surface area contributed by atoms with Crippen molar-refractivity contribution in [2.75, 3.05) is 26.2 Å². The molecule has 0 aromatic carbocycles. The highest BCUT2D eigenvalue weighted by Crippen LogP contribution is 2.03. The second-order valence-electron chi connectivity index (χ2n) is 3.64. The number of likely N-dealkylation sites (N-methyl/N-ethyl adjacent to an activating group) is 1. The number of hydrogen-bond acceptors (Lipinski definition) is 2. The second-order valence-corrected chi connectivity index (χ2v) is 3.64. The molecule has 0 rings (SSSR count). The maximum absolute atomic E-state index is 5.52. The number of hydrogen-bond donors (Lipinski definition) is 1. The maximum atomic E-state index is 5.52. The van der Waals surface area contributed by atoms with Gasteiger partial charge in [0.25, 0.3) is 0 Å². The van der Waals surface area contributed by atoms with Crippen molar-refractivity contribution in [2.45, 2.75) is 46.0 Å². The fraction of sp³-hybridized carbons (Fsp3) is 1.00. The average molecular weight is 186 g/mol. The Bertz CT molecular complexity index is 94.1. The van der Waals surface area contributed by atoms with Gasteiger partial charge in [-0.25, -0.2) is 0 Å². The summed E-state index contributed by atoms with van der Waals surface area (Å²) in [5.41, 5.74) is 5.52. The van der Waals surface area contributed by atoms with Crippen LogP contribution in [0.5, 0.6) is 0 Å². The Labute approximate surface area is 83.5 Å². The monoisotopic (exact) mass is 186 g/mol. The third kappa shape index (κ3) is 8.26. The quantitative estimate of drug-likeness (QED) is 0.560. The third-order valence-electron chi connectivity index (χ3n) is 2.47. The van der Waals surface area contributed by atoms with E-state index >= 15 is 0 Å². The van der Waals surface area contributed by atoms with E-state index in [1.54, 1.807) is 0 Å². The van der Waals surface area contributed by atoms with Crippen LogP contribution in [0.25, 0.3) is 0 Å². The van der Waals surface area contributed by atoms with Crippen molar-refractivity contribution in [3.8, 4) is 0 Å². The summed E-state index contributed by atoms with van der Waals surface area (Å²) >= 11 is 0. The Hall–Kier alpha value is -0.0800. The first-order valence-corrected chi connectivity index (χ1v) is 5.77. The molecular formula is C11H26N2. The average Bonchev–Trinajstić information content (AvgIpc) is 2.16. The van der Waals surface area contributed by atoms with E-state index in [0.717, 1.165) is 19.6 Å². The highest BCUT2D eigenvalue weighted by molar-refractivity contribution is 4.55. The van der Waals surface area contributed by atoms with Crippen molar-refractivity contribution < 1.29 is 0 Å². The molecule has 80 valence electrons. The highest BCUT2D eigenvalue weighted by Gasteiger charge is 1.99. The van der Waals surface area contributed by atoms with Gasteiger partial charge in [0.2, 0.25) is 0 Å². The predicted octanol–water partition coefficient (Wildman–Crippen LogP) is 2.24. The first-order valence-electron chi connectivity index (χ1n) is 5.77. The van der Waals surface area contributed by atoms with E-state index < -0.39 is 0 Å². The molecule has 0 saturated carbocycles. The number of unbranched alkanes of at least 4 members (excludes halogenated alkanes) is 4. The number of nitrogens with two attached hydrogens (primary N) is 1. The molecule has 0 unspecified atom stereocenters. The summed E-state index contributed by atoms with van der Waals surface area (Å²) in [6, 6.07) is 0. The van der Waals surface area contributed by atoms with Gasteiger partial charge in [0.1, 0.15) is 0 Å². The molecule has 0 aromatic heterocycles. The molecular weight excluding hydrogens is 160 g/mol. The van der Waals surface area contributed by atoms with Crippen molar-refractivity contribution in [1.82, 2.24) is 4.90 Å². The van der Waals surface area contributed by atoms with Crippen molar-refractivity contribution >= 4 is 0 Å². The lowest BCUT2D eigenvalue weighted by Crippen LogP contribution is -2.30. The van der Waals surface area contributed by atoms with Crippen molar-refractivity contribution in [3.05, 3.63) is 0 Å². The standard InChI is InChI=1S/C11H26N2/c1-3-5-6-7-8-10-13(4-2)11-9-12/h3-12H2,1-2H3. The summed E-state index contributed by atoms with van der Waals surface area (Å²) in [5, 5.41) is 0.